The van der Waals surface area contributed by atoms with Crippen molar-refractivity contribution in [3.05, 3.63) is 60.9 Å². The van der Waals surface area contributed by atoms with Crippen molar-refractivity contribution in [2.75, 3.05) is 41.3 Å². The Bertz CT molecular complexity index is 1310. The van der Waals surface area contributed by atoms with Gasteiger partial charge in [-0.25, -0.2) is 8.42 Å². The molecular formula is C23H23N7O4S. The van der Waals surface area contributed by atoms with Gasteiger partial charge < -0.3 is 10.2 Å². The van der Waals surface area contributed by atoms with Gasteiger partial charge in [0, 0.05) is 57.1 Å². The quantitative estimate of drug-likeness (QED) is 0.511. The first-order chi connectivity index (χ1) is 16.9. The monoisotopic (exact) mass is 493 g/mol. The van der Waals surface area contributed by atoms with Crippen molar-refractivity contribution < 1.29 is 18.0 Å². The van der Waals surface area contributed by atoms with E-state index in [0.29, 0.717) is 43.5 Å². The van der Waals surface area contributed by atoms with E-state index in [1.165, 1.54) is 28.6 Å². The average molecular weight is 494 g/mol. The number of pyridine rings is 1. The molecule has 2 aliphatic rings. The van der Waals surface area contributed by atoms with E-state index < -0.39 is 10.0 Å². The molecule has 2 fully saturated rings. The number of carbonyl (C=O) groups is 2. The van der Waals surface area contributed by atoms with Crippen molar-refractivity contribution >= 4 is 44.8 Å². The minimum atomic E-state index is -3.71. The highest BCUT2D eigenvalue weighted by Gasteiger charge is 2.32. The summed E-state index contributed by atoms with van der Waals surface area (Å²) in [5, 5.41) is 11.6. The van der Waals surface area contributed by atoms with Crippen LogP contribution >= 0.6 is 0 Å². The average Bonchev–Trinajstić information content (AvgIpc) is 3.23. The number of aromatic nitrogens is 3. The van der Waals surface area contributed by atoms with Gasteiger partial charge in [0.05, 0.1) is 10.6 Å². The van der Waals surface area contributed by atoms with E-state index in [4.69, 9.17) is 0 Å². The Labute approximate surface area is 202 Å². The van der Waals surface area contributed by atoms with E-state index in [1.807, 2.05) is 29.2 Å². The second-order valence-corrected chi connectivity index (χ2v) is 10.1. The van der Waals surface area contributed by atoms with E-state index in [2.05, 4.69) is 20.5 Å². The Morgan fingerprint density at radius 3 is 2.03 bits per heavy atom. The number of imide groups is 1. The molecule has 2 aromatic heterocycles. The van der Waals surface area contributed by atoms with Crippen LogP contribution in [0.3, 0.4) is 0 Å². The molecule has 180 valence electrons. The molecule has 5 rings (SSSR count). The molecule has 2 amide bonds. The zero-order chi connectivity index (χ0) is 24.4. The Balaban J connectivity index is 1.21. The molecule has 2 saturated heterocycles. The first-order valence-electron chi connectivity index (χ1n) is 11.1. The van der Waals surface area contributed by atoms with Crippen molar-refractivity contribution in [3.63, 3.8) is 0 Å². The highest BCUT2D eigenvalue weighted by Crippen LogP contribution is 2.26. The Morgan fingerprint density at radius 2 is 1.43 bits per heavy atom. The van der Waals surface area contributed by atoms with Gasteiger partial charge in [-0.3, -0.25) is 19.5 Å². The number of piperazine rings is 1. The highest BCUT2D eigenvalue weighted by molar-refractivity contribution is 7.89. The number of benzene rings is 1. The third-order valence-electron chi connectivity index (χ3n) is 5.95. The minimum absolute atomic E-state index is 0.125. The zero-order valence-corrected chi connectivity index (χ0v) is 19.6. The minimum Gasteiger partial charge on any atom is -0.352 e. The number of nitrogens with zero attached hydrogens (tertiary/aromatic N) is 6. The number of amides is 2. The standard InChI is InChI=1S/C23H23N7O4S/c31-22-7-8-23(32)30(22)18-1-3-19(4-2-18)35(33,34)29-15-13-28(14-16-29)21-6-5-20(26-27-21)25-17-9-11-24-12-10-17/h1-6,9-12H,7-8,13-16H2,(H,24,25,26). The van der Waals surface area contributed by atoms with Gasteiger partial charge >= 0.3 is 0 Å². The Morgan fingerprint density at radius 1 is 0.771 bits per heavy atom. The third kappa shape index (κ3) is 4.70. The largest absolute Gasteiger partial charge is 0.352 e. The smallest absolute Gasteiger partial charge is 0.243 e. The third-order valence-corrected chi connectivity index (χ3v) is 7.86. The number of sulfonamides is 1. The molecule has 1 N–H and O–H groups in total. The summed E-state index contributed by atoms with van der Waals surface area (Å²) in [6.07, 6.45) is 3.72. The van der Waals surface area contributed by atoms with Crippen molar-refractivity contribution in [1.82, 2.24) is 19.5 Å². The van der Waals surface area contributed by atoms with Crippen LogP contribution in [0.4, 0.5) is 23.0 Å². The number of hydrogen-bond donors (Lipinski definition) is 1. The molecule has 3 aromatic rings. The van der Waals surface area contributed by atoms with Gasteiger partial charge in [-0.2, -0.15) is 4.31 Å². The lowest BCUT2D eigenvalue weighted by molar-refractivity contribution is -0.121. The summed E-state index contributed by atoms with van der Waals surface area (Å²) in [5.41, 5.74) is 1.24. The van der Waals surface area contributed by atoms with Crippen LogP contribution in [-0.2, 0) is 19.6 Å². The molecule has 0 unspecified atom stereocenters. The molecule has 12 heteroatoms. The van der Waals surface area contributed by atoms with Crippen LogP contribution in [-0.4, -0.2) is 65.9 Å². The SMILES string of the molecule is O=C1CCC(=O)N1c1ccc(S(=O)(=O)N2CCN(c3ccc(Nc4ccncc4)nn3)CC2)cc1. The maximum absolute atomic E-state index is 13.1. The Kier molecular flexibility index (Phi) is 6.14. The predicted octanol–water partition coefficient (Wildman–Crippen LogP) is 1.78. The predicted molar refractivity (Wildman–Crippen MR) is 129 cm³/mol. The van der Waals surface area contributed by atoms with Crippen LogP contribution in [0.25, 0.3) is 0 Å². The summed E-state index contributed by atoms with van der Waals surface area (Å²) in [6.45, 7) is 1.54. The molecule has 0 radical (unpaired) electrons. The van der Waals surface area contributed by atoms with Gasteiger partial charge in [-0.1, -0.05) is 0 Å². The van der Waals surface area contributed by atoms with E-state index in [1.54, 1.807) is 12.4 Å². The molecule has 4 heterocycles. The Hall–Kier alpha value is -3.90. The molecule has 0 spiro atoms. The number of anilines is 4. The molecule has 0 bridgehead atoms. The van der Waals surface area contributed by atoms with Gasteiger partial charge in [-0.15, -0.1) is 10.2 Å². The number of nitrogens with one attached hydrogen (secondary N) is 1. The zero-order valence-electron chi connectivity index (χ0n) is 18.7. The van der Waals surface area contributed by atoms with Gasteiger partial charge in [0.1, 0.15) is 0 Å². The van der Waals surface area contributed by atoms with Crippen molar-refractivity contribution in [3.8, 4) is 0 Å². The fourth-order valence-corrected chi connectivity index (χ4v) is 5.50. The number of carbonyl (C=O) groups excluding carboxylic acids is 2. The lowest BCUT2D eigenvalue weighted by Gasteiger charge is -2.34. The maximum atomic E-state index is 13.1. The lowest BCUT2D eigenvalue weighted by Crippen LogP contribution is -2.49. The lowest BCUT2D eigenvalue weighted by atomic mass is 10.3. The van der Waals surface area contributed by atoms with Gasteiger partial charge in [0.15, 0.2) is 11.6 Å². The summed E-state index contributed by atoms with van der Waals surface area (Å²) in [4.78, 5) is 31.0. The summed E-state index contributed by atoms with van der Waals surface area (Å²) < 4.78 is 27.7. The van der Waals surface area contributed by atoms with Crippen LogP contribution in [0.2, 0.25) is 0 Å². The van der Waals surface area contributed by atoms with Crippen LogP contribution in [0.1, 0.15) is 12.8 Å². The summed E-state index contributed by atoms with van der Waals surface area (Å²) in [6, 6.07) is 13.2. The van der Waals surface area contributed by atoms with Gasteiger partial charge in [0.25, 0.3) is 0 Å². The highest BCUT2D eigenvalue weighted by atomic mass is 32.2. The molecule has 0 saturated carbocycles. The summed E-state index contributed by atoms with van der Waals surface area (Å²) >= 11 is 0. The van der Waals surface area contributed by atoms with Crippen LogP contribution in [0, 0.1) is 0 Å². The molecule has 0 atom stereocenters. The number of rotatable bonds is 6. The topological polar surface area (TPSA) is 129 Å². The second kappa shape index (κ2) is 9.39. The fraction of sp³-hybridized carbons (Fsp3) is 0.261. The van der Waals surface area contributed by atoms with E-state index >= 15 is 0 Å². The summed E-state index contributed by atoms with van der Waals surface area (Å²) in [5.74, 6) is 0.727. The molecule has 2 aliphatic heterocycles. The van der Waals surface area contributed by atoms with Gasteiger partial charge in [0.2, 0.25) is 21.8 Å². The molecule has 1 aromatic carbocycles. The first-order valence-corrected chi connectivity index (χ1v) is 12.6. The first kappa shape index (κ1) is 22.9. The van der Waals surface area contributed by atoms with Gasteiger partial charge in [-0.05, 0) is 48.5 Å². The van der Waals surface area contributed by atoms with Crippen molar-refractivity contribution in [2.45, 2.75) is 17.7 Å². The van der Waals surface area contributed by atoms with Crippen LogP contribution < -0.4 is 15.1 Å². The normalized spacial score (nSPS) is 17.1. The molecular weight excluding hydrogens is 470 g/mol. The molecule has 11 nitrogen and oxygen atoms in total. The molecule has 35 heavy (non-hydrogen) atoms. The number of hydrogen-bond acceptors (Lipinski definition) is 9. The summed E-state index contributed by atoms with van der Waals surface area (Å²) in [7, 11) is -3.71. The fourth-order valence-electron chi connectivity index (χ4n) is 4.08. The van der Waals surface area contributed by atoms with Crippen molar-refractivity contribution in [1.29, 1.82) is 0 Å². The molecule has 0 aliphatic carbocycles. The van der Waals surface area contributed by atoms with E-state index in [0.717, 1.165) is 10.6 Å². The van der Waals surface area contributed by atoms with Crippen molar-refractivity contribution in [2.24, 2.45) is 0 Å². The van der Waals surface area contributed by atoms with E-state index in [9.17, 15) is 18.0 Å². The maximum Gasteiger partial charge on any atom is 0.243 e. The van der Waals surface area contributed by atoms with E-state index in [-0.39, 0.29) is 29.6 Å². The second-order valence-electron chi connectivity index (χ2n) is 8.15. The van der Waals surface area contributed by atoms with Crippen LogP contribution in [0.5, 0.6) is 0 Å². The van der Waals surface area contributed by atoms with Crippen LogP contribution in [0.15, 0.2) is 65.8 Å².